The van der Waals surface area contributed by atoms with Crippen molar-refractivity contribution < 1.29 is 0 Å². The molecule has 3 aliphatic rings. The number of hydrogen-bond donors (Lipinski definition) is 0. The number of nitrogens with zero attached hydrogens (tertiary/aromatic N) is 5. The minimum Gasteiger partial charge on any atom is -0.306 e. The van der Waals surface area contributed by atoms with Crippen LogP contribution in [-0.2, 0) is 0 Å². The fourth-order valence-electron chi connectivity index (χ4n) is 5.59. The first-order chi connectivity index (χ1) is 13.7. The molecule has 0 aromatic rings. The van der Waals surface area contributed by atoms with Crippen LogP contribution in [0.25, 0.3) is 0 Å². The Balaban J connectivity index is 1.56. The van der Waals surface area contributed by atoms with E-state index in [2.05, 4.69) is 33.9 Å². The van der Waals surface area contributed by atoms with Crippen molar-refractivity contribution in [1.29, 1.82) is 10.5 Å². The summed E-state index contributed by atoms with van der Waals surface area (Å²) in [5, 5.41) is 18.0. The first-order valence-corrected chi connectivity index (χ1v) is 11.4. The van der Waals surface area contributed by atoms with Crippen LogP contribution in [0.2, 0.25) is 0 Å². The highest BCUT2D eigenvalue weighted by Crippen LogP contribution is 2.39. The topological polar surface area (TPSA) is 57.3 Å². The Kier molecular flexibility index (Phi) is 8.59. The largest absolute Gasteiger partial charge is 0.306 e. The van der Waals surface area contributed by atoms with Crippen LogP contribution in [-0.4, -0.2) is 74.1 Å². The van der Waals surface area contributed by atoms with Crippen LogP contribution < -0.4 is 0 Å². The third-order valence-electron chi connectivity index (χ3n) is 7.30. The van der Waals surface area contributed by atoms with Gasteiger partial charge in [-0.05, 0) is 115 Å². The van der Waals surface area contributed by atoms with Gasteiger partial charge in [0.15, 0.2) is 0 Å². The molecule has 0 aromatic carbocycles. The van der Waals surface area contributed by atoms with E-state index in [0.29, 0.717) is 13.1 Å². The van der Waals surface area contributed by atoms with Gasteiger partial charge in [0.25, 0.3) is 0 Å². The summed E-state index contributed by atoms with van der Waals surface area (Å²) in [7, 11) is 2.25. The van der Waals surface area contributed by atoms with Crippen LogP contribution in [0.1, 0.15) is 51.4 Å². The van der Waals surface area contributed by atoms with Gasteiger partial charge in [-0.3, -0.25) is 9.80 Å². The minimum absolute atomic E-state index is 0.592. The van der Waals surface area contributed by atoms with Crippen molar-refractivity contribution in [2.24, 2.45) is 17.8 Å². The molecule has 1 atom stereocenters. The van der Waals surface area contributed by atoms with Crippen LogP contribution in [0.15, 0.2) is 0 Å². The Morgan fingerprint density at radius 2 is 1.43 bits per heavy atom. The minimum atomic E-state index is 0.592. The molecule has 5 nitrogen and oxygen atoms in total. The van der Waals surface area contributed by atoms with Gasteiger partial charge in [0.2, 0.25) is 0 Å². The van der Waals surface area contributed by atoms with Gasteiger partial charge in [-0.25, -0.2) is 0 Å². The maximum atomic E-state index is 9.07. The molecule has 5 heteroatoms. The van der Waals surface area contributed by atoms with E-state index < -0.39 is 0 Å². The Hall–Kier alpha value is -1.14. The van der Waals surface area contributed by atoms with E-state index in [1.807, 2.05) is 5.92 Å². The van der Waals surface area contributed by atoms with Crippen LogP contribution in [0.3, 0.4) is 0 Å². The van der Waals surface area contributed by atoms with Gasteiger partial charge in [0, 0.05) is 6.54 Å². The highest BCUT2D eigenvalue weighted by Gasteiger charge is 2.32. The molecule has 3 rings (SSSR count). The lowest BCUT2D eigenvalue weighted by atomic mass is 9.72. The number of rotatable bonds is 7. The summed E-state index contributed by atoms with van der Waals surface area (Å²) in [5.74, 6) is 4.20. The van der Waals surface area contributed by atoms with Gasteiger partial charge in [-0.2, -0.15) is 10.5 Å². The molecule has 1 unspecified atom stereocenters. The predicted molar refractivity (Wildman–Crippen MR) is 112 cm³/mol. The average Bonchev–Trinajstić information content (AvgIpc) is 2.70. The number of hydrogen-bond acceptors (Lipinski definition) is 5. The lowest BCUT2D eigenvalue weighted by Gasteiger charge is -2.40. The van der Waals surface area contributed by atoms with Crippen LogP contribution in [0.4, 0.5) is 0 Å². The first kappa shape index (κ1) is 21.6. The highest BCUT2D eigenvalue weighted by molar-refractivity contribution is 5.02. The Morgan fingerprint density at radius 3 is 2.11 bits per heavy atom. The quantitative estimate of drug-likeness (QED) is 0.631. The van der Waals surface area contributed by atoms with Crippen molar-refractivity contribution in [3.8, 4) is 12.1 Å². The summed E-state index contributed by atoms with van der Waals surface area (Å²) in [6, 6.07) is 4.65. The van der Waals surface area contributed by atoms with Crippen molar-refractivity contribution >= 4 is 0 Å². The second kappa shape index (κ2) is 11.1. The fraction of sp³-hybridized carbons (Fsp3) is 0.870. The molecule has 0 aliphatic carbocycles. The predicted octanol–water partition coefficient (Wildman–Crippen LogP) is 3.15. The molecule has 3 saturated heterocycles. The van der Waals surface area contributed by atoms with Crippen LogP contribution in [0.5, 0.6) is 0 Å². The second-order valence-electron chi connectivity index (χ2n) is 9.42. The standard InChI is InChI=1S/C23H38N5/c1-26-11-6-22(7-12-26)23(17-20-4-13-27(14-5-20)15-8-24)18-21-3-2-10-28(19-21)16-9-25/h20-22H,2-7,10-19H2,1H3. The van der Waals surface area contributed by atoms with Gasteiger partial charge < -0.3 is 4.90 Å². The van der Waals surface area contributed by atoms with E-state index in [-0.39, 0.29) is 0 Å². The molecule has 28 heavy (non-hydrogen) atoms. The SMILES string of the molecule is CN1CCC([C](CC2CCN(CC#N)CC2)CC2CCCN(CC#N)C2)CC1. The maximum absolute atomic E-state index is 9.07. The van der Waals surface area contributed by atoms with E-state index in [0.717, 1.165) is 43.9 Å². The molecule has 0 aromatic heterocycles. The Labute approximate surface area is 172 Å². The van der Waals surface area contributed by atoms with Gasteiger partial charge in [0.1, 0.15) is 0 Å². The van der Waals surface area contributed by atoms with Gasteiger partial charge in [-0.15, -0.1) is 0 Å². The van der Waals surface area contributed by atoms with E-state index in [4.69, 9.17) is 10.5 Å². The molecule has 0 bridgehead atoms. The number of likely N-dealkylation sites (tertiary alicyclic amines) is 3. The van der Waals surface area contributed by atoms with Gasteiger partial charge in [0.05, 0.1) is 25.2 Å². The van der Waals surface area contributed by atoms with Crippen molar-refractivity contribution in [2.45, 2.75) is 51.4 Å². The normalized spacial score (nSPS) is 26.9. The molecule has 0 amide bonds. The summed E-state index contributed by atoms with van der Waals surface area (Å²) < 4.78 is 0. The molecule has 1 radical (unpaired) electrons. The van der Waals surface area contributed by atoms with Gasteiger partial charge in [-0.1, -0.05) is 0 Å². The third kappa shape index (κ3) is 6.45. The smallest absolute Gasteiger partial charge is 0.0866 e. The molecule has 0 saturated carbocycles. The van der Waals surface area contributed by atoms with Crippen molar-refractivity contribution in [3.63, 3.8) is 0 Å². The molecular formula is C23H38N5. The van der Waals surface area contributed by atoms with E-state index in [1.165, 1.54) is 64.5 Å². The molecule has 3 fully saturated rings. The van der Waals surface area contributed by atoms with Crippen molar-refractivity contribution in [2.75, 3.05) is 59.4 Å². The second-order valence-corrected chi connectivity index (χ2v) is 9.42. The Bertz CT molecular complexity index is 534. The van der Waals surface area contributed by atoms with E-state index in [9.17, 15) is 0 Å². The fourth-order valence-corrected chi connectivity index (χ4v) is 5.59. The van der Waals surface area contributed by atoms with Crippen molar-refractivity contribution in [1.82, 2.24) is 14.7 Å². The summed E-state index contributed by atoms with van der Waals surface area (Å²) >= 11 is 0. The number of piperidine rings is 3. The third-order valence-corrected chi connectivity index (χ3v) is 7.30. The first-order valence-electron chi connectivity index (χ1n) is 11.4. The van der Waals surface area contributed by atoms with E-state index in [1.54, 1.807) is 0 Å². The zero-order valence-corrected chi connectivity index (χ0v) is 17.8. The van der Waals surface area contributed by atoms with Gasteiger partial charge >= 0.3 is 0 Å². The van der Waals surface area contributed by atoms with E-state index >= 15 is 0 Å². The zero-order valence-electron chi connectivity index (χ0n) is 17.8. The zero-order chi connectivity index (χ0) is 19.8. The lowest BCUT2D eigenvalue weighted by molar-refractivity contribution is 0.155. The number of nitriles is 2. The summed E-state index contributed by atoms with van der Waals surface area (Å²) in [6.45, 7) is 8.07. The molecule has 155 valence electrons. The molecule has 0 spiro atoms. The summed E-state index contributed by atoms with van der Waals surface area (Å²) in [4.78, 5) is 7.15. The molecule has 3 aliphatic heterocycles. The van der Waals surface area contributed by atoms with Crippen molar-refractivity contribution in [3.05, 3.63) is 5.92 Å². The van der Waals surface area contributed by atoms with Crippen LogP contribution >= 0.6 is 0 Å². The average molecular weight is 385 g/mol. The Morgan fingerprint density at radius 1 is 0.786 bits per heavy atom. The highest BCUT2D eigenvalue weighted by atomic mass is 15.1. The maximum Gasteiger partial charge on any atom is 0.0866 e. The molecule has 0 N–H and O–H groups in total. The molecule has 3 heterocycles. The summed E-state index contributed by atoms with van der Waals surface area (Å²) in [5.41, 5.74) is 0. The monoisotopic (exact) mass is 384 g/mol. The molecular weight excluding hydrogens is 346 g/mol. The van der Waals surface area contributed by atoms with Crippen LogP contribution in [0, 0.1) is 46.3 Å². The lowest BCUT2D eigenvalue weighted by Crippen LogP contribution is -2.39. The summed E-state index contributed by atoms with van der Waals surface area (Å²) in [6.07, 6.45) is 10.3.